The fraction of sp³-hybridized carbons (Fsp3) is 0.542. The number of likely N-dealkylation sites (tertiary alicyclic amines) is 1. The highest BCUT2D eigenvalue weighted by Crippen LogP contribution is 2.42. The van der Waals surface area contributed by atoms with Gasteiger partial charge in [-0.3, -0.25) is 4.98 Å². The Balaban J connectivity index is 0.00000117. The zero-order chi connectivity index (χ0) is 20.6. The molecule has 0 amide bonds. The Morgan fingerprint density at radius 1 is 1.17 bits per heavy atom. The number of β-amino-alcohol motifs (C(OH)–C–C–N with tert-alkyl or cyclic N) is 1. The van der Waals surface area contributed by atoms with Gasteiger partial charge in [-0.05, 0) is 62.4 Å². The van der Waals surface area contributed by atoms with Crippen LogP contribution in [0.5, 0.6) is 0 Å². The molecule has 0 aromatic carbocycles. The van der Waals surface area contributed by atoms with Gasteiger partial charge in [0.25, 0.3) is 0 Å². The molecule has 1 aromatic rings. The van der Waals surface area contributed by atoms with Crippen molar-refractivity contribution in [1.82, 2.24) is 9.88 Å². The number of halogens is 1. The maximum atomic E-state index is 9.17. The van der Waals surface area contributed by atoms with Gasteiger partial charge in [0.05, 0.1) is 24.5 Å². The third-order valence-corrected chi connectivity index (χ3v) is 6.40. The Morgan fingerprint density at radius 3 is 2.72 bits per heavy atom. The smallest absolute Gasteiger partial charge is 0.0636 e. The molecule has 1 N–H and O–H groups in total. The Bertz CT molecular complexity index is 737. The van der Waals surface area contributed by atoms with Crippen LogP contribution in [-0.4, -0.2) is 47.3 Å². The minimum atomic E-state index is 0.255. The number of piperidine rings is 1. The van der Waals surface area contributed by atoms with Crippen molar-refractivity contribution in [3.8, 4) is 0 Å². The van der Waals surface area contributed by atoms with Gasteiger partial charge >= 0.3 is 0 Å². The third kappa shape index (κ3) is 5.30. The number of hydrogen-bond donors (Lipinski definition) is 1. The molecule has 3 heterocycles. The average Bonchev–Trinajstić information content (AvgIpc) is 3.00. The summed E-state index contributed by atoms with van der Waals surface area (Å²) < 4.78 is 0. The molecule has 1 saturated heterocycles. The van der Waals surface area contributed by atoms with E-state index in [1.165, 1.54) is 24.1 Å². The van der Waals surface area contributed by atoms with E-state index in [0.29, 0.717) is 17.9 Å². The largest absolute Gasteiger partial charge is 0.395 e. The van der Waals surface area contributed by atoms with Gasteiger partial charge < -0.3 is 14.9 Å². The number of anilines is 1. The lowest BCUT2D eigenvalue weighted by atomic mass is 9.78. The fourth-order valence-electron chi connectivity index (χ4n) is 4.63. The van der Waals surface area contributed by atoms with Gasteiger partial charge in [0.2, 0.25) is 0 Å². The monoisotopic (exact) mass is 415 g/mol. The maximum absolute atomic E-state index is 9.17. The average molecular weight is 416 g/mol. The van der Waals surface area contributed by atoms with Crippen molar-refractivity contribution in [1.29, 1.82) is 0 Å². The van der Waals surface area contributed by atoms with Crippen LogP contribution < -0.4 is 4.90 Å². The summed E-state index contributed by atoms with van der Waals surface area (Å²) in [6.45, 7) is 7.21. The lowest BCUT2D eigenvalue weighted by Crippen LogP contribution is -2.38. The predicted octanol–water partition coefficient (Wildman–Crippen LogP) is 5.07. The number of aromatic nitrogens is 1. The van der Waals surface area contributed by atoms with Crippen LogP contribution in [0.3, 0.4) is 0 Å². The quantitative estimate of drug-likeness (QED) is 0.745. The number of aliphatic hydroxyl groups excluding tert-OH is 1. The summed E-state index contributed by atoms with van der Waals surface area (Å²) in [5, 5.41) is 10.0. The zero-order valence-electron chi connectivity index (χ0n) is 17.7. The highest BCUT2D eigenvalue weighted by Gasteiger charge is 2.32. The molecule has 29 heavy (non-hydrogen) atoms. The van der Waals surface area contributed by atoms with Crippen LogP contribution in [0.4, 0.5) is 5.69 Å². The molecule has 0 saturated carbocycles. The molecule has 1 aliphatic carbocycles. The maximum Gasteiger partial charge on any atom is 0.0636 e. The SMILES string of the molecule is CC.OCCN1CCC(C2C=CN(C3C=CC(Cl)=CCC3)c3cnccc32)CC1. The molecule has 3 aliphatic rings. The third-order valence-electron chi connectivity index (χ3n) is 6.12. The van der Waals surface area contributed by atoms with E-state index in [1.54, 1.807) is 0 Å². The summed E-state index contributed by atoms with van der Waals surface area (Å²) >= 11 is 6.19. The summed E-state index contributed by atoms with van der Waals surface area (Å²) in [4.78, 5) is 9.15. The summed E-state index contributed by atoms with van der Waals surface area (Å²) in [6.07, 6.45) is 19.3. The summed E-state index contributed by atoms with van der Waals surface area (Å²) in [5.41, 5.74) is 2.63. The molecule has 0 radical (unpaired) electrons. The first-order valence-electron chi connectivity index (χ1n) is 11.0. The van der Waals surface area contributed by atoms with E-state index in [1.807, 2.05) is 32.3 Å². The Hall–Kier alpha value is -1.62. The van der Waals surface area contributed by atoms with E-state index in [-0.39, 0.29) is 6.61 Å². The molecule has 2 unspecified atom stereocenters. The Kier molecular flexibility index (Phi) is 8.34. The number of aliphatic hydroxyl groups is 1. The standard InChI is InChI=1S/C22H28ClN3O.C2H6/c23-18-2-1-3-19(5-4-18)26-13-9-20(21-6-10-24-16-22(21)26)17-7-11-25(12-8-17)14-15-27;1-2/h2,4-6,9-10,13,16-17,19-20,27H,1,3,7-8,11-12,14-15H2;1-2H3. The minimum Gasteiger partial charge on any atom is -0.395 e. The summed E-state index contributed by atoms with van der Waals surface area (Å²) in [7, 11) is 0. The first-order valence-corrected chi connectivity index (χ1v) is 11.4. The zero-order valence-corrected chi connectivity index (χ0v) is 18.4. The van der Waals surface area contributed by atoms with Crippen LogP contribution >= 0.6 is 11.6 Å². The Morgan fingerprint density at radius 2 is 1.97 bits per heavy atom. The first kappa shape index (κ1) is 22.1. The van der Waals surface area contributed by atoms with Crippen molar-refractivity contribution in [2.45, 2.75) is 51.5 Å². The van der Waals surface area contributed by atoms with Crippen LogP contribution in [0.15, 0.2) is 54.0 Å². The molecule has 2 atom stereocenters. The molecule has 2 aliphatic heterocycles. The van der Waals surface area contributed by atoms with Crippen molar-refractivity contribution >= 4 is 17.3 Å². The number of fused-ring (bicyclic) bond motifs is 1. The molecular formula is C24H34ClN3O. The van der Waals surface area contributed by atoms with Crippen LogP contribution in [0.25, 0.3) is 0 Å². The van der Waals surface area contributed by atoms with E-state index in [2.05, 4.69) is 45.3 Å². The second-order valence-corrected chi connectivity index (χ2v) is 8.14. The molecule has 0 bridgehead atoms. The molecule has 5 heteroatoms. The Labute approximate surface area is 180 Å². The first-order chi connectivity index (χ1) is 14.3. The predicted molar refractivity (Wildman–Crippen MR) is 122 cm³/mol. The van der Waals surface area contributed by atoms with Crippen molar-refractivity contribution in [2.75, 3.05) is 31.1 Å². The van der Waals surface area contributed by atoms with Gasteiger partial charge in [0.1, 0.15) is 0 Å². The molecule has 158 valence electrons. The summed E-state index contributed by atoms with van der Waals surface area (Å²) in [5.74, 6) is 1.10. The molecule has 0 spiro atoms. The normalized spacial score (nSPS) is 25.0. The van der Waals surface area contributed by atoms with Gasteiger partial charge in [0.15, 0.2) is 0 Å². The van der Waals surface area contributed by atoms with Gasteiger partial charge in [-0.25, -0.2) is 0 Å². The van der Waals surface area contributed by atoms with Gasteiger partial charge in [-0.1, -0.05) is 43.7 Å². The minimum absolute atomic E-state index is 0.255. The van der Waals surface area contributed by atoms with Crippen LogP contribution in [-0.2, 0) is 0 Å². The topological polar surface area (TPSA) is 39.6 Å². The number of allylic oxidation sites excluding steroid dienone is 4. The molecule has 1 fully saturated rings. The lowest BCUT2D eigenvalue weighted by Gasteiger charge is -2.40. The van der Waals surface area contributed by atoms with Crippen molar-refractivity contribution < 1.29 is 5.11 Å². The molecule has 1 aromatic heterocycles. The van der Waals surface area contributed by atoms with Crippen molar-refractivity contribution in [2.24, 2.45) is 5.92 Å². The van der Waals surface area contributed by atoms with Crippen molar-refractivity contribution in [3.05, 3.63) is 59.6 Å². The number of hydrogen-bond acceptors (Lipinski definition) is 4. The second-order valence-electron chi connectivity index (χ2n) is 7.70. The van der Waals surface area contributed by atoms with E-state index < -0.39 is 0 Å². The van der Waals surface area contributed by atoms with E-state index in [0.717, 1.165) is 37.5 Å². The second kappa shape index (κ2) is 11.0. The van der Waals surface area contributed by atoms with Gasteiger partial charge in [0, 0.05) is 29.9 Å². The summed E-state index contributed by atoms with van der Waals surface area (Å²) in [6, 6.07) is 2.51. The number of pyridine rings is 1. The lowest BCUT2D eigenvalue weighted by molar-refractivity contribution is 0.143. The highest BCUT2D eigenvalue weighted by molar-refractivity contribution is 6.31. The van der Waals surface area contributed by atoms with E-state index in [4.69, 9.17) is 16.7 Å². The molecule has 4 rings (SSSR count). The van der Waals surface area contributed by atoms with Crippen LogP contribution in [0.1, 0.15) is 51.0 Å². The van der Waals surface area contributed by atoms with E-state index in [9.17, 15) is 0 Å². The fourth-order valence-corrected chi connectivity index (χ4v) is 4.81. The van der Waals surface area contributed by atoms with E-state index >= 15 is 0 Å². The van der Waals surface area contributed by atoms with Crippen LogP contribution in [0, 0.1) is 5.92 Å². The number of rotatable bonds is 4. The molecular weight excluding hydrogens is 382 g/mol. The van der Waals surface area contributed by atoms with Gasteiger partial charge in [-0.2, -0.15) is 0 Å². The molecule has 4 nitrogen and oxygen atoms in total. The van der Waals surface area contributed by atoms with Gasteiger partial charge in [-0.15, -0.1) is 0 Å². The number of nitrogens with zero attached hydrogens (tertiary/aromatic N) is 3. The van der Waals surface area contributed by atoms with Crippen molar-refractivity contribution in [3.63, 3.8) is 0 Å². The highest BCUT2D eigenvalue weighted by atomic mass is 35.5. The van der Waals surface area contributed by atoms with Crippen LogP contribution in [0.2, 0.25) is 0 Å².